The van der Waals surface area contributed by atoms with E-state index in [0.29, 0.717) is 18.0 Å². The quantitative estimate of drug-likeness (QED) is 0.863. The third-order valence-electron chi connectivity index (χ3n) is 3.74. The van der Waals surface area contributed by atoms with Crippen molar-refractivity contribution in [2.75, 3.05) is 31.3 Å². The van der Waals surface area contributed by atoms with E-state index in [1.165, 1.54) is 23.8 Å². The van der Waals surface area contributed by atoms with Gasteiger partial charge in [-0.25, -0.2) is 4.79 Å². The maximum atomic E-state index is 12.2. The summed E-state index contributed by atoms with van der Waals surface area (Å²) >= 11 is 1.20. The van der Waals surface area contributed by atoms with Crippen molar-refractivity contribution in [1.82, 2.24) is 4.90 Å². The molecule has 2 aromatic rings. The van der Waals surface area contributed by atoms with E-state index in [2.05, 4.69) is 5.32 Å². The van der Waals surface area contributed by atoms with Crippen molar-refractivity contribution in [3.63, 3.8) is 0 Å². The van der Waals surface area contributed by atoms with Crippen LogP contribution in [0.15, 0.2) is 36.4 Å². The Hall–Kier alpha value is -2.54. The predicted octanol–water partition coefficient (Wildman–Crippen LogP) is 2.73. The van der Waals surface area contributed by atoms with E-state index in [9.17, 15) is 14.4 Å². The number of carbonyl (C=O) groups is 3. The molecule has 0 unspecified atom stereocenters. The van der Waals surface area contributed by atoms with Crippen LogP contribution in [0.3, 0.4) is 0 Å². The van der Waals surface area contributed by atoms with Crippen LogP contribution in [-0.2, 0) is 9.53 Å². The fourth-order valence-electron chi connectivity index (χ4n) is 2.55. The molecule has 1 saturated heterocycles. The predicted molar refractivity (Wildman–Crippen MR) is 93.3 cm³/mol. The second-order valence-electron chi connectivity index (χ2n) is 5.32. The van der Waals surface area contributed by atoms with Crippen LogP contribution in [0.1, 0.15) is 10.4 Å². The normalized spacial score (nSPS) is 14.0. The second-order valence-corrected chi connectivity index (χ2v) is 6.37. The summed E-state index contributed by atoms with van der Waals surface area (Å²) in [4.78, 5) is 37.3. The highest BCUT2D eigenvalue weighted by Crippen LogP contribution is 2.25. The summed E-state index contributed by atoms with van der Waals surface area (Å²) in [6.45, 7) is 0.526. The number of nitrogens with zero attached hydrogens (tertiary/aromatic N) is 1. The summed E-state index contributed by atoms with van der Waals surface area (Å²) in [5.41, 5.74) is 0.663. The van der Waals surface area contributed by atoms with Crippen molar-refractivity contribution in [3.05, 3.63) is 42.0 Å². The molecular formula is C17H16N2O4S. The van der Waals surface area contributed by atoms with Gasteiger partial charge in [-0.15, -0.1) is 0 Å². The highest BCUT2D eigenvalue weighted by atomic mass is 32.2. The molecule has 7 heteroatoms. The third kappa shape index (κ3) is 3.35. The number of rotatable bonds is 4. The van der Waals surface area contributed by atoms with E-state index in [1.807, 2.05) is 24.3 Å². The molecule has 2 aromatic carbocycles. The molecule has 3 rings (SSSR count). The summed E-state index contributed by atoms with van der Waals surface area (Å²) in [5.74, 6) is -0.176. The molecule has 0 atom stereocenters. The van der Waals surface area contributed by atoms with E-state index in [1.54, 1.807) is 12.1 Å². The van der Waals surface area contributed by atoms with E-state index in [4.69, 9.17) is 4.74 Å². The highest BCUT2D eigenvalue weighted by molar-refractivity contribution is 8.13. The standard InChI is InChI=1S/C17H16N2O4S/c1-23-16(21)13-8-11-4-2-3-5-12(11)9-14(13)18-15(20)10-19-6-7-24-17(19)22/h2-5,8-9H,6-7,10H2,1H3,(H,18,20). The fourth-order valence-corrected chi connectivity index (χ4v) is 3.38. The van der Waals surface area contributed by atoms with Gasteiger partial charge in [0.1, 0.15) is 6.54 Å². The van der Waals surface area contributed by atoms with Crippen molar-refractivity contribution in [2.24, 2.45) is 0 Å². The first-order valence-corrected chi connectivity index (χ1v) is 8.39. The van der Waals surface area contributed by atoms with Crippen molar-refractivity contribution in [1.29, 1.82) is 0 Å². The number of nitrogens with one attached hydrogen (secondary N) is 1. The molecule has 124 valence electrons. The molecule has 1 N–H and O–H groups in total. The molecule has 0 aromatic heterocycles. The van der Waals surface area contributed by atoms with Crippen LogP contribution in [0.25, 0.3) is 10.8 Å². The number of ether oxygens (including phenoxy) is 1. The topological polar surface area (TPSA) is 75.7 Å². The Bertz CT molecular complexity index is 821. The molecule has 24 heavy (non-hydrogen) atoms. The molecule has 0 saturated carbocycles. The zero-order chi connectivity index (χ0) is 17.1. The number of fused-ring (bicyclic) bond motifs is 1. The number of hydrogen-bond acceptors (Lipinski definition) is 5. The lowest BCUT2D eigenvalue weighted by atomic mass is 10.0. The van der Waals surface area contributed by atoms with Gasteiger partial charge in [-0.1, -0.05) is 36.0 Å². The average Bonchev–Trinajstić information content (AvgIpc) is 2.98. The molecule has 6 nitrogen and oxygen atoms in total. The minimum absolute atomic E-state index is 0.0285. The first-order valence-electron chi connectivity index (χ1n) is 7.41. The minimum atomic E-state index is -0.524. The van der Waals surface area contributed by atoms with Gasteiger partial charge < -0.3 is 15.0 Å². The van der Waals surface area contributed by atoms with Crippen LogP contribution >= 0.6 is 11.8 Å². The fraction of sp³-hybridized carbons (Fsp3) is 0.235. The zero-order valence-electron chi connectivity index (χ0n) is 13.1. The van der Waals surface area contributed by atoms with Crippen molar-refractivity contribution in [3.8, 4) is 0 Å². The lowest BCUT2D eigenvalue weighted by Gasteiger charge is -2.16. The molecule has 1 aliphatic heterocycles. The van der Waals surface area contributed by atoms with Crippen LogP contribution in [0.4, 0.5) is 10.5 Å². The molecule has 0 spiro atoms. The van der Waals surface area contributed by atoms with Crippen LogP contribution in [0.5, 0.6) is 0 Å². The number of thioether (sulfide) groups is 1. The average molecular weight is 344 g/mol. The van der Waals surface area contributed by atoms with Gasteiger partial charge in [-0.3, -0.25) is 9.59 Å². The number of esters is 1. The lowest BCUT2D eigenvalue weighted by Crippen LogP contribution is -2.33. The minimum Gasteiger partial charge on any atom is -0.465 e. The Morgan fingerprint density at radius 2 is 1.96 bits per heavy atom. The van der Waals surface area contributed by atoms with Crippen molar-refractivity contribution in [2.45, 2.75) is 0 Å². The van der Waals surface area contributed by atoms with Gasteiger partial charge in [-0.05, 0) is 22.9 Å². The zero-order valence-corrected chi connectivity index (χ0v) is 13.9. The van der Waals surface area contributed by atoms with Gasteiger partial charge in [0.15, 0.2) is 0 Å². The van der Waals surface area contributed by atoms with E-state index >= 15 is 0 Å². The van der Waals surface area contributed by atoms with Crippen LogP contribution < -0.4 is 5.32 Å². The Kier molecular flexibility index (Phi) is 4.71. The Morgan fingerprint density at radius 3 is 2.58 bits per heavy atom. The van der Waals surface area contributed by atoms with E-state index < -0.39 is 5.97 Å². The van der Waals surface area contributed by atoms with Gasteiger partial charge in [0.2, 0.25) is 5.91 Å². The smallest absolute Gasteiger partial charge is 0.339 e. The maximum Gasteiger partial charge on any atom is 0.339 e. The Balaban J connectivity index is 1.87. The maximum absolute atomic E-state index is 12.2. The van der Waals surface area contributed by atoms with Crippen LogP contribution in [0, 0.1) is 0 Å². The summed E-state index contributed by atoms with van der Waals surface area (Å²) in [7, 11) is 1.29. The summed E-state index contributed by atoms with van der Waals surface area (Å²) in [6.07, 6.45) is 0. The van der Waals surface area contributed by atoms with Crippen molar-refractivity contribution < 1.29 is 19.1 Å². The number of anilines is 1. The van der Waals surface area contributed by atoms with Gasteiger partial charge in [0, 0.05) is 12.3 Å². The first-order chi connectivity index (χ1) is 11.6. The van der Waals surface area contributed by atoms with Crippen molar-refractivity contribution >= 4 is 45.3 Å². The largest absolute Gasteiger partial charge is 0.465 e. The second kappa shape index (κ2) is 6.92. The lowest BCUT2D eigenvalue weighted by molar-refractivity contribution is -0.116. The molecule has 1 fully saturated rings. The number of benzene rings is 2. The third-order valence-corrected chi connectivity index (χ3v) is 4.64. The van der Waals surface area contributed by atoms with E-state index in [-0.39, 0.29) is 23.3 Å². The SMILES string of the molecule is COC(=O)c1cc2ccccc2cc1NC(=O)CN1CCSC1=O. The molecule has 0 bridgehead atoms. The molecular weight excluding hydrogens is 328 g/mol. The Labute approximate surface area is 143 Å². The number of carbonyl (C=O) groups excluding carboxylic acids is 3. The summed E-state index contributed by atoms with van der Waals surface area (Å²) < 4.78 is 4.80. The summed E-state index contributed by atoms with van der Waals surface area (Å²) in [6, 6.07) is 11.0. The molecule has 2 amide bonds. The van der Waals surface area contributed by atoms with Gasteiger partial charge in [0.25, 0.3) is 5.24 Å². The van der Waals surface area contributed by atoms with Crippen LogP contribution in [0.2, 0.25) is 0 Å². The monoisotopic (exact) mass is 344 g/mol. The first kappa shape index (κ1) is 16.3. The van der Waals surface area contributed by atoms with Crippen LogP contribution in [-0.4, -0.2) is 48.0 Å². The number of methoxy groups -OCH3 is 1. The molecule has 0 radical (unpaired) electrons. The van der Waals surface area contributed by atoms with E-state index in [0.717, 1.165) is 10.8 Å². The molecule has 1 heterocycles. The Morgan fingerprint density at radius 1 is 1.25 bits per heavy atom. The number of amides is 2. The molecule has 0 aliphatic carbocycles. The highest BCUT2D eigenvalue weighted by Gasteiger charge is 2.24. The van der Waals surface area contributed by atoms with Gasteiger partial charge >= 0.3 is 5.97 Å². The van der Waals surface area contributed by atoms with Gasteiger partial charge in [0.05, 0.1) is 18.4 Å². The molecule has 1 aliphatic rings. The number of hydrogen-bond donors (Lipinski definition) is 1. The van der Waals surface area contributed by atoms with Gasteiger partial charge in [-0.2, -0.15) is 0 Å². The summed E-state index contributed by atoms with van der Waals surface area (Å²) in [5, 5.41) is 4.40.